The van der Waals surface area contributed by atoms with Gasteiger partial charge >= 0.3 is 0 Å². The van der Waals surface area contributed by atoms with Gasteiger partial charge < -0.3 is 4.74 Å². The van der Waals surface area contributed by atoms with Gasteiger partial charge in [0.05, 0.1) is 0 Å². The van der Waals surface area contributed by atoms with Crippen molar-refractivity contribution in [2.75, 3.05) is 0 Å². The molecule has 19 heavy (non-hydrogen) atoms. The largest absolute Gasteiger partial charge is 0.465 e. The second-order valence-corrected chi connectivity index (χ2v) is 7.12. The molecule has 0 radical (unpaired) electrons. The average Bonchev–Trinajstić information content (AvgIpc) is 2.79. The maximum absolute atomic E-state index is 6.12. The normalized spacial score (nSPS) is 19.5. The molecule has 0 aliphatic carbocycles. The molecule has 2 aliphatic rings. The molecule has 0 aromatic heterocycles. The van der Waals surface area contributed by atoms with E-state index in [9.17, 15) is 0 Å². The second-order valence-electron chi connectivity index (χ2n) is 7.12. The quantitative estimate of drug-likeness (QED) is 0.612. The van der Waals surface area contributed by atoms with Crippen LogP contribution in [0.5, 0.6) is 0 Å². The van der Waals surface area contributed by atoms with Gasteiger partial charge in [0.15, 0.2) is 0 Å². The molecule has 0 unspecified atom stereocenters. The first-order valence-electron chi connectivity index (χ1n) is 6.74. The molecule has 0 spiro atoms. The van der Waals surface area contributed by atoms with Crippen LogP contribution in [0.3, 0.4) is 0 Å². The molecule has 2 rings (SSSR count). The summed E-state index contributed by atoms with van der Waals surface area (Å²) in [5.41, 5.74) is 2.32. The zero-order valence-corrected chi connectivity index (χ0v) is 12.7. The zero-order chi connectivity index (χ0) is 14.3. The molecule has 2 heterocycles. The lowest BCUT2D eigenvalue weighted by Crippen LogP contribution is -2.21. The summed E-state index contributed by atoms with van der Waals surface area (Å²) < 4.78 is 6.12. The molecule has 0 bridgehead atoms. The fraction of sp³-hybridized carbons (Fsp3) is 0.471. The van der Waals surface area contributed by atoms with Crippen molar-refractivity contribution in [1.82, 2.24) is 0 Å². The van der Waals surface area contributed by atoms with Crippen LogP contribution in [0.25, 0.3) is 0 Å². The van der Waals surface area contributed by atoms with Crippen LogP contribution in [-0.2, 0) is 4.74 Å². The van der Waals surface area contributed by atoms with E-state index in [0.717, 1.165) is 17.1 Å². The van der Waals surface area contributed by atoms with Crippen LogP contribution in [-0.4, -0.2) is 6.21 Å². The van der Waals surface area contributed by atoms with E-state index in [-0.39, 0.29) is 10.8 Å². The van der Waals surface area contributed by atoms with Crippen LogP contribution < -0.4 is 0 Å². The Morgan fingerprint density at radius 2 is 1.37 bits per heavy atom. The Kier molecular flexibility index (Phi) is 3.29. The van der Waals surface area contributed by atoms with Crippen molar-refractivity contribution in [3.63, 3.8) is 0 Å². The van der Waals surface area contributed by atoms with E-state index < -0.39 is 0 Å². The highest BCUT2D eigenvalue weighted by atomic mass is 16.5. The summed E-state index contributed by atoms with van der Waals surface area (Å²) in [6.45, 7) is 13.0. The van der Waals surface area contributed by atoms with E-state index >= 15 is 0 Å². The van der Waals surface area contributed by atoms with Crippen molar-refractivity contribution >= 4 is 6.21 Å². The second kappa shape index (κ2) is 4.52. The Bertz CT molecular complexity index is 483. The summed E-state index contributed by atoms with van der Waals surface area (Å²) in [6, 6.07) is 0. The van der Waals surface area contributed by atoms with Crippen LogP contribution in [0, 0.1) is 10.8 Å². The number of ether oxygens (including phenoxy) is 1. The molecule has 0 aromatic rings. The predicted molar refractivity (Wildman–Crippen MR) is 80.8 cm³/mol. The standard InChI is InChI=1S/C17H23NO/c1-16(2,3)14-9-13(12-7-8-18-11-12)10-15(19-14)17(4,5)6/h7-11H,1-6H3. The van der Waals surface area contributed by atoms with Crippen LogP contribution in [0.15, 0.2) is 52.1 Å². The van der Waals surface area contributed by atoms with E-state index in [1.54, 1.807) is 0 Å². The highest BCUT2D eigenvalue weighted by molar-refractivity contribution is 5.88. The third-order valence-corrected chi connectivity index (χ3v) is 3.16. The maximum Gasteiger partial charge on any atom is 0.110 e. The van der Waals surface area contributed by atoms with E-state index in [0.29, 0.717) is 0 Å². The SMILES string of the molecule is CC(C)(C)C1=CC(=C2C=CN=C2)C=C(C(C)(C)C)O1. The fourth-order valence-electron chi connectivity index (χ4n) is 1.87. The molecular weight excluding hydrogens is 234 g/mol. The third-order valence-electron chi connectivity index (χ3n) is 3.16. The first-order chi connectivity index (χ1) is 8.68. The molecule has 0 amide bonds. The van der Waals surface area contributed by atoms with Crippen molar-refractivity contribution in [3.8, 4) is 0 Å². The molecule has 0 saturated carbocycles. The molecule has 0 aromatic carbocycles. The molecule has 2 nitrogen and oxygen atoms in total. The number of hydrogen-bond acceptors (Lipinski definition) is 2. The van der Waals surface area contributed by atoms with Crippen molar-refractivity contribution in [3.05, 3.63) is 47.1 Å². The predicted octanol–water partition coefficient (Wildman–Crippen LogP) is 4.77. The molecule has 2 aliphatic heterocycles. The minimum Gasteiger partial charge on any atom is -0.465 e. The maximum atomic E-state index is 6.12. The van der Waals surface area contributed by atoms with Crippen LogP contribution >= 0.6 is 0 Å². The van der Waals surface area contributed by atoms with Gasteiger partial charge in [0.2, 0.25) is 0 Å². The minimum atomic E-state index is -0.00394. The highest BCUT2D eigenvalue weighted by Gasteiger charge is 2.29. The summed E-state index contributed by atoms with van der Waals surface area (Å²) in [5.74, 6) is 2.02. The lowest BCUT2D eigenvalue weighted by atomic mass is 9.86. The summed E-state index contributed by atoms with van der Waals surface area (Å²) >= 11 is 0. The lowest BCUT2D eigenvalue weighted by molar-refractivity contribution is 0.161. The number of nitrogens with zero attached hydrogens (tertiary/aromatic N) is 1. The molecule has 2 heteroatoms. The Morgan fingerprint density at radius 3 is 1.74 bits per heavy atom. The van der Waals surface area contributed by atoms with Gasteiger partial charge in [-0.25, -0.2) is 0 Å². The van der Waals surface area contributed by atoms with Gasteiger partial charge in [-0.2, -0.15) is 0 Å². The van der Waals surface area contributed by atoms with Gasteiger partial charge in [-0.3, -0.25) is 4.99 Å². The van der Waals surface area contributed by atoms with Gasteiger partial charge in [-0.15, -0.1) is 0 Å². The van der Waals surface area contributed by atoms with Gasteiger partial charge in [0, 0.05) is 28.8 Å². The van der Waals surface area contributed by atoms with Crippen molar-refractivity contribution in [2.24, 2.45) is 15.8 Å². The number of hydrogen-bond donors (Lipinski definition) is 0. The molecule has 0 saturated heterocycles. The van der Waals surface area contributed by atoms with Gasteiger partial charge in [0.1, 0.15) is 11.5 Å². The van der Waals surface area contributed by atoms with Crippen molar-refractivity contribution in [1.29, 1.82) is 0 Å². The van der Waals surface area contributed by atoms with Crippen molar-refractivity contribution < 1.29 is 4.74 Å². The minimum absolute atomic E-state index is 0.00394. The summed E-state index contributed by atoms with van der Waals surface area (Å²) in [6.07, 6.45) is 10.0. The summed E-state index contributed by atoms with van der Waals surface area (Å²) in [4.78, 5) is 4.15. The molecular formula is C17H23NO. The first kappa shape index (κ1) is 13.9. The molecule has 0 atom stereocenters. The summed E-state index contributed by atoms with van der Waals surface area (Å²) in [7, 11) is 0. The Balaban J connectivity index is 2.51. The molecule has 0 N–H and O–H groups in total. The van der Waals surface area contributed by atoms with Gasteiger partial charge in [-0.05, 0) is 23.8 Å². The molecule has 0 fully saturated rings. The number of allylic oxidation sites excluding steroid dienone is 7. The first-order valence-corrected chi connectivity index (χ1v) is 6.74. The van der Waals surface area contributed by atoms with Crippen LogP contribution in [0.2, 0.25) is 0 Å². The van der Waals surface area contributed by atoms with E-state index in [1.165, 1.54) is 5.57 Å². The fourth-order valence-corrected chi connectivity index (χ4v) is 1.87. The Hall–Kier alpha value is -1.57. The highest BCUT2D eigenvalue weighted by Crippen LogP contribution is 2.39. The summed E-state index contributed by atoms with van der Waals surface area (Å²) in [5, 5.41) is 0. The van der Waals surface area contributed by atoms with Gasteiger partial charge in [-0.1, -0.05) is 41.5 Å². The average molecular weight is 257 g/mol. The number of rotatable bonds is 0. The smallest absolute Gasteiger partial charge is 0.110 e. The lowest BCUT2D eigenvalue weighted by Gasteiger charge is -2.32. The van der Waals surface area contributed by atoms with E-state index in [4.69, 9.17) is 4.74 Å². The van der Waals surface area contributed by atoms with Crippen LogP contribution in [0.4, 0.5) is 0 Å². The van der Waals surface area contributed by atoms with E-state index in [2.05, 4.69) is 58.7 Å². The van der Waals surface area contributed by atoms with Crippen molar-refractivity contribution in [2.45, 2.75) is 41.5 Å². The molecule has 102 valence electrons. The third kappa shape index (κ3) is 3.06. The Labute approximate surface area is 116 Å². The van der Waals surface area contributed by atoms with E-state index in [1.807, 2.05) is 18.5 Å². The van der Waals surface area contributed by atoms with Crippen LogP contribution in [0.1, 0.15) is 41.5 Å². The Morgan fingerprint density at radius 1 is 0.842 bits per heavy atom. The topological polar surface area (TPSA) is 21.6 Å². The zero-order valence-electron chi connectivity index (χ0n) is 12.7. The monoisotopic (exact) mass is 257 g/mol. The number of aliphatic imine (C=N–C) groups is 1. The van der Waals surface area contributed by atoms with Gasteiger partial charge in [0.25, 0.3) is 0 Å².